The van der Waals surface area contributed by atoms with Gasteiger partial charge in [0.2, 0.25) is 5.91 Å². The zero-order chi connectivity index (χ0) is 20.2. The second-order valence-corrected chi connectivity index (χ2v) is 7.27. The van der Waals surface area contributed by atoms with Crippen LogP contribution in [0.4, 0.5) is 0 Å². The fraction of sp³-hybridized carbons (Fsp3) is 0.200. The maximum Gasteiger partial charge on any atom is 0.228 e. The minimum absolute atomic E-state index is 0.129. The number of benzene rings is 3. The van der Waals surface area contributed by atoms with E-state index in [4.69, 9.17) is 0 Å². The highest BCUT2D eigenvalue weighted by atomic mass is 16.3. The molecule has 4 nitrogen and oxygen atoms in total. The molecule has 4 heteroatoms. The first kappa shape index (κ1) is 18.9. The van der Waals surface area contributed by atoms with Gasteiger partial charge in [-0.3, -0.25) is 4.79 Å². The molecule has 1 saturated heterocycles. The van der Waals surface area contributed by atoms with Gasteiger partial charge in [0.05, 0.1) is 25.1 Å². The van der Waals surface area contributed by atoms with Crippen LogP contribution in [-0.4, -0.2) is 34.6 Å². The number of nitriles is 1. The van der Waals surface area contributed by atoms with Crippen molar-refractivity contribution in [3.63, 3.8) is 0 Å². The molecule has 3 aromatic carbocycles. The van der Waals surface area contributed by atoms with E-state index in [1.54, 1.807) is 4.90 Å². The van der Waals surface area contributed by atoms with Crippen molar-refractivity contribution in [3.05, 3.63) is 96.1 Å². The monoisotopic (exact) mass is 382 g/mol. The largest absolute Gasteiger partial charge is 0.394 e. The average molecular weight is 382 g/mol. The number of rotatable bonds is 5. The van der Waals surface area contributed by atoms with Gasteiger partial charge in [-0.05, 0) is 22.3 Å². The standard InChI is InChI=1S/C25H22N2O2/c26-16-22-25(21-14-8-7-13-20(21)19-11-5-2-6-12-19)23(17-28)27(22)24(29)15-18-9-3-1-4-10-18/h1-14,22-23,25,28H,15,17H2/t22-,23+,25-/m1/s1. The van der Waals surface area contributed by atoms with Crippen LogP contribution in [0.3, 0.4) is 0 Å². The smallest absolute Gasteiger partial charge is 0.228 e. The van der Waals surface area contributed by atoms with Crippen LogP contribution in [-0.2, 0) is 11.2 Å². The first-order valence-electron chi connectivity index (χ1n) is 9.74. The lowest BCUT2D eigenvalue weighted by molar-refractivity contribution is -0.146. The van der Waals surface area contributed by atoms with Gasteiger partial charge in [-0.15, -0.1) is 0 Å². The highest BCUT2D eigenvalue weighted by Crippen LogP contribution is 2.44. The molecule has 3 atom stereocenters. The van der Waals surface area contributed by atoms with E-state index in [1.807, 2.05) is 84.9 Å². The van der Waals surface area contributed by atoms with E-state index in [0.29, 0.717) is 0 Å². The molecule has 1 N–H and O–H groups in total. The number of likely N-dealkylation sites (tertiary alicyclic amines) is 1. The number of carbonyl (C=O) groups is 1. The molecule has 4 rings (SSSR count). The molecule has 1 heterocycles. The maximum absolute atomic E-state index is 12.9. The third-order valence-corrected chi connectivity index (χ3v) is 5.62. The van der Waals surface area contributed by atoms with Crippen LogP contribution in [0.15, 0.2) is 84.9 Å². The summed E-state index contributed by atoms with van der Waals surface area (Å²) >= 11 is 0. The second kappa shape index (κ2) is 8.30. The van der Waals surface area contributed by atoms with Gasteiger partial charge in [0.1, 0.15) is 6.04 Å². The van der Waals surface area contributed by atoms with Crippen molar-refractivity contribution >= 4 is 5.91 Å². The molecular formula is C25H22N2O2. The molecule has 1 aliphatic rings. The summed E-state index contributed by atoms with van der Waals surface area (Å²) in [4.78, 5) is 14.5. The number of hydrogen-bond acceptors (Lipinski definition) is 3. The molecule has 0 spiro atoms. The number of nitrogens with zero attached hydrogens (tertiary/aromatic N) is 2. The molecule has 0 aliphatic carbocycles. The first-order valence-corrected chi connectivity index (χ1v) is 9.74. The van der Waals surface area contributed by atoms with E-state index in [9.17, 15) is 15.2 Å². The Bertz CT molecular complexity index is 1030. The van der Waals surface area contributed by atoms with Gasteiger partial charge in [0.25, 0.3) is 0 Å². The van der Waals surface area contributed by atoms with Gasteiger partial charge in [-0.2, -0.15) is 5.26 Å². The van der Waals surface area contributed by atoms with Gasteiger partial charge >= 0.3 is 0 Å². The summed E-state index contributed by atoms with van der Waals surface area (Å²) in [6.45, 7) is -0.174. The molecule has 1 aliphatic heterocycles. The maximum atomic E-state index is 12.9. The van der Waals surface area contributed by atoms with Crippen molar-refractivity contribution < 1.29 is 9.90 Å². The predicted molar refractivity (Wildman–Crippen MR) is 112 cm³/mol. The van der Waals surface area contributed by atoms with Crippen LogP contribution in [0, 0.1) is 11.3 Å². The molecule has 0 radical (unpaired) electrons. The van der Waals surface area contributed by atoms with E-state index >= 15 is 0 Å². The normalized spacial score (nSPS) is 20.6. The van der Waals surface area contributed by atoms with Crippen LogP contribution in [0.2, 0.25) is 0 Å². The van der Waals surface area contributed by atoms with Gasteiger partial charge in [0.15, 0.2) is 0 Å². The fourth-order valence-corrected chi connectivity index (χ4v) is 4.25. The fourth-order valence-electron chi connectivity index (χ4n) is 4.25. The topological polar surface area (TPSA) is 64.3 Å². The molecular weight excluding hydrogens is 360 g/mol. The Labute approximate surface area is 170 Å². The molecule has 0 aromatic heterocycles. The lowest BCUT2D eigenvalue weighted by atomic mass is 9.73. The highest BCUT2D eigenvalue weighted by Gasteiger charge is 2.51. The zero-order valence-corrected chi connectivity index (χ0v) is 16.0. The van der Waals surface area contributed by atoms with E-state index in [-0.39, 0.29) is 24.9 Å². The van der Waals surface area contributed by atoms with Crippen LogP contribution < -0.4 is 0 Å². The first-order chi connectivity index (χ1) is 14.2. The van der Waals surface area contributed by atoms with Gasteiger partial charge in [-0.1, -0.05) is 84.9 Å². The number of aliphatic hydroxyl groups is 1. The van der Waals surface area contributed by atoms with E-state index < -0.39 is 12.1 Å². The number of hydrogen-bond donors (Lipinski definition) is 1. The third kappa shape index (κ3) is 3.53. The highest BCUT2D eigenvalue weighted by molar-refractivity contribution is 5.82. The zero-order valence-electron chi connectivity index (χ0n) is 16.0. The molecule has 29 heavy (non-hydrogen) atoms. The Hall–Kier alpha value is -3.42. The lowest BCUT2D eigenvalue weighted by Crippen LogP contribution is -2.65. The minimum Gasteiger partial charge on any atom is -0.394 e. The SMILES string of the molecule is N#C[C@@H]1[C@@H](c2ccccc2-c2ccccc2)[C@H](CO)N1C(=O)Cc1ccccc1. The molecule has 3 aromatic rings. The van der Waals surface area contributed by atoms with E-state index in [1.165, 1.54) is 0 Å². The van der Waals surface area contributed by atoms with Crippen LogP contribution in [0.5, 0.6) is 0 Å². The van der Waals surface area contributed by atoms with Gasteiger partial charge < -0.3 is 10.0 Å². The summed E-state index contributed by atoms with van der Waals surface area (Å²) in [7, 11) is 0. The van der Waals surface area contributed by atoms with Crippen LogP contribution in [0.1, 0.15) is 17.0 Å². The second-order valence-electron chi connectivity index (χ2n) is 7.27. The predicted octanol–water partition coefficient (Wildman–Crippen LogP) is 3.78. The molecule has 144 valence electrons. The van der Waals surface area contributed by atoms with Crippen molar-refractivity contribution in [1.82, 2.24) is 4.90 Å². The number of amides is 1. The summed E-state index contributed by atoms with van der Waals surface area (Å²) < 4.78 is 0. The number of carbonyl (C=O) groups excluding carboxylic acids is 1. The van der Waals surface area contributed by atoms with E-state index in [0.717, 1.165) is 22.3 Å². The van der Waals surface area contributed by atoms with Crippen molar-refractivity contribution in [2.45, 2.75) is 24.4 Å². The van der Waals surface area contributed by atoms with Crippen molar-refractivity contribution in [2.24, 2.45) is 0 Å². The molecule has 0 saturated carbocycles. The molecule has 0 unspecified atom stereocenters. The molecule has 1 fully saturated rings. The molecule has 1 amide bonds. The van der Waals surface area contributed by atoms with E-state index in [2.05, 4.69) is 6.07 Å². The summed E-state index contributed by atoms with van der Waals surface area (Å²) in [5.74, 6) is -0.351. The summed E-state index contributed by atoms with van der Waals surface area (Å²) in [5.41, 5.74) is 3.99. The molecule has 0 bridgehead atoms. The third-order valence-electron chi connectivity index (χ3n) is 5.62. The van der Waals surface area contributed by atoms with Gasteiger partial charge in [0, 0.05) is 5.92 Å². The quantitative estimate of drug-likeness (QED) is 0.730. The Kier molecular flexibility index (Phi) is 5.41. The Morgan fingerprint density at radius 2 is 1.55 bits per heavy atom. The van der Waals surface area contributed by atoms with Crippen molar-refractivity contribution in [2.75, 3.05) is 6.61 Å². The average Bonchev–Trinajstić information content (AvgIpc) is 2.75. The van der Waals surface area contributed by atoms with Crippen molar-refractivity contribution in [1.29, 1.82) is 5.26 Å². The minimum atomic E-state index is -0.590. The van der Waals surface area contributed by atoms with Crippen LogP contribution in [0.25, 0.3) is 11.1 Å². The van der Waals surface area contributed by atoms with Crippen LogP contribution >= 0.6 is 0 Å². The Morgan fingerprint density at radius 3 is 2.21 bits per heavy atom. The summed E-state index contributed by atoms with van der Waals surface area (Å²) in [5, 5.41) is 19.9. The van der Waals surface area contributed by atoms with Crippen molar-refractivity contribution in [3.8, 4) is 17.2 Å². The summed E-state index contributed by atoms with van der Waals surface area (Å²) in [6.07, 6.45) is 0.225. The van der Waals surface area contributed by atoms with Gasteiger partial charge in [-0.25, -0.2) is 0 Å². The Morgan fingerprint density at radius 1 is 0.931 bits per heavy atom. The Balaban J connectivity index is 1.65. The lowest BCUT2D eigenvalue weighted by Gasteiger charge is -2.52. The summed E-state index contributed by atoms with van der Waals surface area (Å²) in [6, 6.07) is 28.7. The number of aliphatic hydroxyl groups excluding tert-OH is 1.